The van der Waals surface area contributed by atoms with Crippen molar-refractivity contribution in [2.45, 2.75) is 55.4 Å². The first-order chi connectivity index (χ1) is 16.3. The third-order valence-corrected chi connectivity index (χ3v) is 7.58. The molecule has 4 rings (SSSR count). The van der Waals surface area contributed by atoms with Gasteiger partial charge in [0.25, 0.3) is 0 Å². The Morgan fingerprint density at radius 2 is 1.39 bits per heavy atom. The van der Waals surface area contributed by atoms with Crippen molar-refractivity contribution in [3.8, 4) is 0 Å². The number of rotatable bonds is 7. The van der Waals surface area contributed by atoms with Crippen LogP contribution in [0.25, 0.3) is 0 Å². The van der Waals surface area contributed by atoms with Crippen molar-refractivity contribution in [2.75, 3.05) is 26.0 Å². The van der Waals surface area contributed by atoms with E-state index in [4.69, 9.17) is 4.74 Å². The van der Waals surface area contributed by atoms with E-state index in [1.54, 1.807) is 0 Å². The molecular formula is C29H39NOS2. The Labute approximate surface area is 210 Å². The molecule has 1 saturated heterocycles. The highest BCUT2D eigenvalue weighted by Gasteiger charge is 2.30. The van der Waals surface area contributed by atoms with Crippen molar-refractivity contribution in [2.24, 2.45) is 0 Å². The van der Waals surface area contributed by atoms with Crippen molar-refractivity contribution < 1.29 is 4.74 Å². The fourth-order valence-corrected chi connectivity index (χ4v) is 5.86. The smallest absolute Gasteiger partial charge is 0.0865 e. The summed E-state index contributed by atoms with van der Waals surface area (Å²) < 4.78 is 6.34. The molecule has 0 bridgehead atoms. The van der Waals surface area contributed by atoms with Crippen molar-refractivity contribution in [1.29, 1.82) is 0 Å². The fourth-order valence-electron chi connectivity index (χ4n) is 3.75. The number of nitrogens with zero attached hydrogens (tertiary/aromatic N) is 1. The van der Waals surface area contributed by atoms with E-state index in [2.05, 4.69) is 96.1 Å². The van der Waals surface area contributed by atoms with Crippen LogP contribution in [-0.2, 0) is 11.3 Å². The maximum absolute atomic E-state index is 6.34. The lowest BCUT2D eigenvalue weighted by Crippen LogP contribution is -2.44. The lowest BCUT2D eigenvalue weighted by atomic mass is 10.1. The SMILES string of the molecule is CC.CC.CSc1ccccc1S[C@@H](c1ccccc1)[C@@H]1CN(Cc2ccccc2)CCO1. The highest BCUT2D eigenvalue weighted by molar-refractivity contribution is 8.02. The van der Waals surface area contributed by atoms with Gasteiger partial charge in [-0.25, -0.2) is 0 Å². The summed E-state index contributed by atoms with van der Waals surface area (Å²) in [6, 6.07) is 30.3. The Kier molecular flexibility index (Phi) is 13.3. The first-order valence-corrected chi connectivity index (χ1v) is 14.2. The Morgan fingerprint density at radius 3 is 2.03 bits per heavy atom. The number of thioether (sulfide) groups is 2. The van der Waals surface area contributed by atoms with Crippen LogP contribution in [0.1, 0.15) is 44.1 Å². The second-order valence-corrected chi connectivity index (χ2v) is 9.26. The molecule has 1 aliphatic rings. The van der Waals surface area contributed by atoms with E-state index in [0.717, 1.165) is 26.2 Å². The summed E-state index contributed by atoms with van der Waals surface area (Å²) >= 11 is 3.74. The Bertz CT molecular complexity index is 888. The van der Waals surface area contributed by atoms with E-state index >= 15 is 0 Å². The highest BCUT2D eigenvalue weighted by atomic mass is 32.2. The quantitative estimate of drug-likeness (QED) is 0.315. The molecule has 178 valence electrons. The molecule has 2 atom stereocenters. The number of hydrogen-bond acceptors (Lipinski definition) is 4. The number of benzene rings is 3. The summed E-state index contributed by atoms with van der Waals surface area (Å²) in [5.74, 6) is 0. The second kappa shape index (κ2) is 16.0. The van der Waals surface area contributed by atoms with Gasteiger partial charge >= 0.3 is 0 Å². The Morgan fingerprint density at radius 1 is 0.818 bits per heavy atom. The average Bonchev–Trinajstić information content (AvgIpc) is 2.91. The van der Waals surface area contributed by atoms with Gasteiger partial charge in [-0.3, -0.25) is 4.90 Å². The maximum Gasteiger partial charge on any atom is 0.0865 e. The maximum atomic E-state index is 6.34. The summed E-state index contributed by atoms with van der Waals surface area (Å²) in [4.78, 5) is 5.19. The molecule has 3 aromatic carbocycles. The molecule has 3 aromatic rings. The fraction of sp³-hybridized carbons (Fsp3) is 0.379. The van der Waals surface area contributed by atoms with E-state index in [1.165, 1.54) is 20.9 Å². The van der Waals surface area contributed by atoms with Gasteiger partial charge in [0.15, 0.2) is 0 Å². The summed E-state index contributed by atoms with van der Waals surface area (Å²) in [6.07, 6.45) is 2.31. The Balaban J connectivity index is 0.000000914. The third kappa shape index (κ3) is 8.53. The molecule has 0 aromatic heterocycles. The standard InChI is InChI=1S/C25H27NOS2.2C2H6/c1-28-23-14-8-9-15-24(23)29-25(21-12-6-3-7-13-21)22-19-26(16-17-27-22)18-20-10-4-2-5-11-20;2*1-2/h2-15,22,25H,16-19H2,1H3;2*1-2H3/t22-,25-;;/m0../s1. The van der Waals surface area contributed by atoms with E-state index in [-0.39, 0.29) is 11.4 Å². The minimum absolute atomic E-state index is 0.162. The molecule has 4 heteroatoms. The van der Waals surface area contributed by atoms with Gasteiger partial charge in [-0.15, -0.1) is 23.5 Å². The third-order valence-electron chi connectivity index (χ3n) is 5.22. The zero-order valence-electron chi connectivity index (χ0n) is 20.7. The van der Waals surface area contributed by atoms with Crippen LogP contribution in [0.5, 0.6) is 0 Å². The first kappa shape index (κ1) is 27.5. The molecule has 0 amide bonds. The number of hydrogen-bond donors (Lipinski definition) is 0. The number of morpholine rings is 1. The van der Waals surface area contributed by atoms with Gasteiger partial charge in [0, 0.05) is 29.4 Å². The van der Waals surface area contributed by atoms with Crippen LogP contribution in [-0.4, -0.2) is 37.0 Å². The predicted molar refractivity (Wildman–Crippen MR) is 147 cm³/mol. The second-order valence-electron chi connectivity index (χ2n) is 7.23. The molecule has 0 spiro atoms. The molecule has 1 heterocycles. The zero-order valence-corrected chi connectivity index (χ0v) is 22.4. The normalized spacial score (nSPS) is 16.6. The van der Waals surface area contributed by atoms with E-state index in [0.29, 0.717) is 0 Å². The van der Waals surface area contributed by atoms with Crippen LogP contribution in [0.2, 0.25) is 0 Å². The van der Waals surface area contributed by atoms with Crippen molar-refractivity contribution in [3.05, 3.63) is 96.1 Å². The van der Waals surface area contributed by atoms with Gasteiger partial charge in [-0.2, -0.15) is 0 Å². The molecule has 2 nitrogen and oxygen atoms in total. The van der Waals surface area contributed by atoms with Crippen molar-refractivity contribution in [1.82, 2.24) is 4.90 Å². The van der Waals surface area contributed by atoms with Crippen molar-refractivity contribution >= 4 is 23.5 Å². The molecule has 1 fully saturated rings. The van der Waals surface area contributed by atoms with Crippen LogP contribution in [0, 0.1) is 0 Å². The zero-order chi connectivity index (χ0) is 23.9. The van der Waals surface area contributed by atoms with Crippen molar-refractivity contribution in [3.63, 3.8) is 0 Å². The minimum Gasteiger partial charge on any atom is -0.374 e. The summed E-state index contributed by atoms with van der Waals surface area (Å²) in [5.41, 5.74) is 2.70. The lowest BCUT2D eigenvalue weighted by Gasteiger charge is -2.37. The summed E-state index contributed by atoms with van der Waals surface area (Å²) in [5, 5.41) is 0.267. The summed E-state index contributed by atoms with van der Waals surface area (Å²) in [7, 11) is 0. The highest BCUT2D eigenvalue weighted by Crippen LogP contribution is 2.43. The lowest BCUT2D eigenvalue weighted by molar-refractivity contribution is -0.0319. The van der Waals surface area contributed by atoms with E-state index < -0.39 is 0 Å². The average molecular weight is 482 g/mol. The molecule has 1 aliphatic heterocycles. The van der Waals surface area contributed by atoms with Gasteiger partial charge in [0.2, 0.25) is 0 Å². The molecule has 0 unspecified atom stereocenters. The monoisotopic (exact) mass is 481 g/mol. The van der Waals surface area contributed by atoms with Gasteiger partial charge in [-0.1, -0.05) is 100 Å². The topological polar surface area (TPSA) is 12.5 Å². The predicted octanol–water partition coefficient (Wildman–Crippen LogP) is 8.20. The van der Waals surface area contributed by atoms with Gasteiger partial charge in [0.1, 0.15) is 0 Å². The Hall–Kier alpha value is -1.72. The molecule has 0 aliphatic carbocycles. The molecular weight excluding hydrogens is 442 g/mol. The molecule has 0 radical (unpaired) electrons. The van der Waals surface area contributed by atoms with Gasteiger partial charge in [0.05, 0.1) is 18.0 Å². The number of ether oxygens (including phenoxy) is 1. The van der Waals surface area contributed by atoms with E-state index in [1.807, 2.05) is 51.2 Å². The first-order valence-electron chi connectivity index (χ1n) is 12.1. The van der Waals surface area contributed by atoms with Crippen LogP contribution in [0.4, 0.5) is 0 Å². The van der Waals surface area contributed by atoms with Crippen LogP contribution < -0.4 is 0 Å². The van der Waals surface area contributed by atoms with Crippen LogP contribution >= 0.6 is 23.5 Å². The van der Waals surface area contributed by atoms with Crippen LogP contribution in [0.3, 0.4) is 0 Å². The van der Waals surface area contributed by atoms with Gasteiger partial charge in [-0.05, 0) is 29.5 Å². The van der Waals surface area contributed by atoms with Gasteiger partial charge < -0.3 is 4.74 Å². The summed E-state index contributed by atoms with van der Waals surface area (Å²) in [6.45, 7) is 11.7. The molecule has 33 heavy (non-hydrogen) atoms. The molecule has 0 saturated carbocycles. The largest absolute Gasteiger partial charge is 0.374 e. The molecule has 0 N–H and O–H groups in total. The van der Waals surface area contributed by atoms with Crippen LogP contribution in [0.15, 0.2) is 94.7 Å². The minimum atomic E-state index is 0.162. The van der Waals surface area contributed by atoms with E-state index in [9.17, 15) is 0 Å².